The van der Waals surface area contributed by atoms with Gasteiger partial charge in [-0.1, -0.05) is 23.2 Å². The van der Waals surface area contributed by atoms with Crippen molar-refractivity contribution in [3.05, 3.63) is 51.9 Å². The molecule has 1 saturated heterocycles. The van der Waals surface area contributed by atoms with E-state index in [0.29, 0.717) is 21.5 Å². The average molecular weight is 339 g/mol. The zero-order valence-corrected chi connectivity index (χ0v) is 13.5. The lowest BCUT2D eigenvalue weighted by Crippen LogP contribution is -2.18. The highest BCUT2D eigenvalue weighted by molar-refractivity contribution is 6.42. The second kappa shape index (κ2) is 6.73. The van der Waals surface area contributed by atoms with Gasteiger partial charge in [0.15, 0.2) is 5.76 Å². The molecule has 0 radical (unpaired) electrons. The number of anilines is 1. The van der Waals surface area contributed by atoms with Crippen LogP contribution in [-0.4, -0.2) is 23.9 Å². The lowest BCUT2D eigenvalue weighted by Gasteiger charge is -2.11. The fourth-order valence-electron chi connectivity index (χ4n) is 2.51. The van der Waals surface area contributed by atoms with Crippen LogP contribution in [0.3, 0.4) is 0 Å². The van der Waals surface area contributed by atoms with E-state index in [0.717, 1.165) is 25.4 Å². The number of furan rings is 1. The summed E-state index contributed by atoms with van der Waals surface area (Å²) >= 11 is 11.8. The molecule has 0 spiro atoms. The van der Waals surface area contributed by atoms with Crippen molar-refractivity contribution in [2.75, 3.05) is 18.4 Å². The SMILES string of the molecule is O=C(Nc1ccc(Cl)c(Cl)c1)c1ccc(CN2CCCC2)o1. The van der Waals surface area contributed by atoms with Crippen molar-refractivity contribution in [2.45, 2.75) is 19.4 Å². The molecule has 2 heterocycles. The Morgan fingerprint density at radius 2 is 1.91 bits per heavy atom. The molecule has 116 valence electrons. The number of carbonyl (C=O) groups is 1. The Kier molecular flexibility index (Phi) is 4.71. The third-order valence-electron chi connectivity index (χ3n) is 3.64. The van der Waals surface area contributed by atoms with E-state index in [9.17, 15) is 4.79 Å². The average Bonchev–Trinajstić information content (AvgIpc) is 3.15. The van der Waals surface area contributed by atoms with Crippen molar-refractivity contribution in [3.8, 4) is 0 Å². The summed E-state index contributed by atoms with van der Waals surface area (Å²) in [5.74, 6) is 0.799. The topological polar surface area (TPSA) is 45.5 Å². The molecular weight excluding hydrogens is 323 g/mol. The van der Waals surface area contributed by atoms with Gasteiger partial charge in [-0.05, 0) is 56.3 Å². The summed E-state index contributed by atoms with van der Waals surface area (Å²) in [6.45, 7) is 2.93. The number of halogens is 2. The number of hydrogen-bond acceptors (Lipinski definition) is 3. The zero-order valence-electron chi connectivity index (χ0n) is 11.9. The first-order chi connectivity index (χ1) is 10.6. The van der Waals surface area contributed by atoms with Crippen LogP contribution >= 0.6 is 23.2 Å². The number of nitrogens with zero attached hydrogens (tertiary/aromatic N) is 1. The summed E-state index contributed by atoms with van der Waals surface area (Å²) in [4.78, 5) is 14.5. The number of likely N-dealkylation sites (tertiary alicyclic amines) is 1. The molecule has 1 aromatic heterocycles. The molecule has 0 bridgehead atoms. The molecule has 0 aliphatic carbocycles. The second-order valence-electron chi connectivity index (χ2n) is 5.33. The number of rotatable bonds is 4. The van der Waals surface area contributed by atoms with Crippen LogP contribution in [0.5, 0.6) is 0 Å². The third kappa shape index (κ3) is 3.64. The van der Waals surface area contributed by atoms with Gasteiger partial charge in [-0.3, -0.25) is 9.69 Å². The molecule has 1 aromatic carbocycles. The standard InChI is InChI=1S/C16H16Cl2N2O2/c17-13-5-3-11(9-14(13)18)19-16(21)15-6-4-12(22-15)10-20-7-1-2-8-20/h3-6,9H,1-2,7-8,10H2,(H,19,21). The zero-order chi connectivity index (χ0) is 15.5. The maximum absolute atomic E-state index is 12.2. The van der Waals surface area contributed by atoms with Crippen LogP contribution in [0.2, 0.25) is 10.0 Å². The first kappa shape index (κ1) is 15.4. The van der Waals surface area contributed by atoms with E-state index < -0.39 is 0 Å². The van der Waals surface area contributed by atoms with Gasteiger partial charge in [-0.2, -0.15) is 0 Å². The van der Waals surface area contributed by atoms with Gasteiger partial charge in [0.2, 0.25) is 0 Å². The summed E-state index contributed by atoms with van der Waals surface area (Å²) in [6, 6.07) is 8.48. The highest BCUT2D eigenvalue weighted by Gasteiger charge is 2.16. The molecule has 1 aliphatic rings. The summed E-state index contributed by atoms with van der Waals surface area (Å²) in [7, 11) is 0. The largest absolute Gasteiger partial charge is 0.455 e. The Hall–Kier alpha value is -1.49. The Bertz CT molecular complexity index is 679. The fourth-order valence-corrected chi connectivity index (χ4v) is 2.81. The second-order valence-corrected chi connectivity index (χ2v) is 6.15. The lowest BCUT2D eigenvalue weighted by atomic mass is 10.3. The van der Waals surface area contributed by atoms with Gasteiger partial charge in [0.1, 0.15) is 5.76 Å². The van der Waals surface area contributed by atoms with E-state index in [2.05, 4.69) is 10.2 Å². The highest BCUT2D eigenvalue weighted by Crippen LogP contribution is 2.25. The van der Waals surface area contributed by atoms with Crippen molar-refractivity contribution in [1.29, 1.82) is 0 Å². The molecule has 0 saturated carbocycles. The van der Waals surface area contributed by atoms with Crippen LogP contribution < -0.4 is 5.32 Å². The van der Waals surface area contributed by atoms with Crippen LogP contribution in [0, 0.1) is 0 Å². The fraction of sp³-hybridized carbons (Fsp3) is 0.312. The number of nitrogens with one attached hydrogen (secondary N) is 1. The van der Waals surface area contributed by atoms with Crippen molar-refractivity contribution in [1.82, 2.24) is 4.90 Å². The van der Waals surface area contributed by atoms with Gasteiger partial charge in [-0.15, -0.1) is 0 Å². The van der Waals surface area contributed by atoms with E-state index >= 15 is 0 Å². The Morgan fingerprint density at radius 3 is 2.64 bits per heavy atom. The lowest BCUT2D eigenvalue weighted by molar-refractivity contribution is 0.0993. The molecule has 2 aromatic rings. The Labute approximate surface area is 139 Å². The molecular formula is C16H16Cl2N2O2. The summed E-state index contributed by atoms with van der Waals surface area (Å²) in [5, 5.41) is 3.59. The predicted octanol–water partition coefficient (Wildman–Crippen LogP) is 4.43. The maximum atomic E-state index is 12.2. The number of benzene rings is 1. The van der Waals surface area contributed by atoms with E-state index in [-0.39, 0.29) is 5.91 Å². The van der Waals surface area contributed by atoms with Crippen LogP contribution in [-0.2, 0) is 6.54 Å². The van der Waals surface area contributed by atoms with Gasteiger partial charge >= 0.3 is 0 Å². The Balaban J connectivity index is 1.64. The molecule has 1 aliphatic heterocycles. The van der Waals surface area contributed by atoms with Gasteiger partial charge in [0.05, 0.1) is 16.6 Å². The summed E-state index contributed by atoms with van der Waals surface area (Å²) in [6.07, 6.45) is 2.46. The molecule has 0 atom stereocenters. The third-order valence-corrected chi connectivity index (χ3v) is 4.38. The number of carbonyl (C=O) groups excluding carboxylic acids is 1. The van der Waals surface area contributed by atoms with Gasteiger partial charge in [-0.25, -0.2) is 0 Å². The first-order valence-electron chi connectivity index (χ1n) is 7.19. The minimum absolute atomic E-state index is 0.292. The van der Waals surface area contributed by atoms with Crippen molar-refractivity contribution < 1.29 is 9.21 Å². The molecule has 0 unspecified atom stereocenters. The minimum atomic E-state index is -0.300. The molecule has 1 fully saturated rings. The van der Waals surface area contributed by atoms with Gasteiger partial charge < -0.3 is 9.73 Å². The quantitative estimate of drug-likeness (QED) is 0.896. The van der Waals surface area contributed by atoms with Crippen molar-refractivity contribution in [3.63, 3.8) is 0 Å². The molecule has 4 nitrogen and oxygen atoms in total. The summed E-state index contributed by atoms with van der Waals surface area (Å²) in [5.41, 5.74) is 0.580. The number of hydrogen-bond donors (Lipinski definition) is 1. The Morgan fingerprint density at radius 1 is 1.14 bits per heavy atom. The molecule has 1 N–H and O–H groups in total. The van der Waals surface area contributed by atoms with E-state index in [1.165, 1.54) is 12.8 Å². The smallest absolute Gasteiger partial charge is 0.291 e. The molecule has 22 heavy (non-hydrogen) atoms. The van der Waals surface area contributed by atoms with E-state index in [4.69, 9.17) is 27.6 Å². The monoisotopic (exact) mass is 338 g/mol. The normalized spacial score (nSPS) is 15.2. The highest BCUT2D eigenvalue weighted by atomic mass is 35.5. The maximum Gasteiger partial charge on any atom is 0.291 e. The van der Waals surface area contributed by atoms with Crippen LogP contribution in [0.1, 0.15) is 29.2 Å². The van der Waals surface area contributed by atoms with Gasteiger partial charge in [0, 0.05) is 5.69 Å². The van der Waals surface area contributed by atoms with Crippen molar-refractivity contribution in [2.24, 2.45) is 0 Å². The number of amides is 1. The van der Waals surface area contributed by atoms with Gasteiger partial charge in [0.25, 0.3) is 5.91 Å². The molecule has 6 heteroatoms. The molecule has 3 rings (SSSR count). The van der Waals surface area contributed by atoms with E-state index in [1.807, 2.05) is 6.07 Å². The predicted molar refractivity (Wildman–Crippen MR) is 87.6 cm³/mol. The summed E-state index contributed by atoms with van der Waals surface area (Å²) < 4.78 is 5.62. The first-order valence-corrected chi connectivity index (χ1v) is 7.95. The molecule has 1 amide bonds. The van der Waals surface area contributed by atoms with Crippen molar-refractivity contribution >= 4 is 34.8 Å². The minimum Gasteiger partial charge on any atom is -0.455 e. The van der Waals surface area contributed by atoms with E-state index in [1.54, 1.807) is 24.3 Å². The van der Waals surface area contributed by atoms with Crippen LogP contribution in [0.25, 0.3) is 0 Å². The van der Waals surface area contributed by atoms with Crippen LogP contribution in [0.4, 0.5) is 5.69 Å². The van der Waals surface area contributed by atoms with Crippen LogP contribution in [0.15, 0.2) is 34.7 Å².